The Labute approximate surface area is 110 Å². The van der Waals surface area contributed by atoms with E-state index in [9.17, 15) is 0 Å². The van der Waals surface area contributed by atoms with E-state index in [4.69, 9.17) is 0 Å². The highest BCUT2D eigenvalue weighted by Crippen LogP contribution is 2.33. The van der Waals surface area contributed by atoms with E-state index in [0.29, 0.717) is 11.5 Å². The highest BCUT2D eigenvalue weighted by molar-refractivity contribution is 4.84. The van der Waals surface area contributed by atoms with Crippen molar-refractivity contribution < 1.29 is 0 Å². The second kappa shape index (κ2) is 5.83. The van der Waals surface area contributed by atoms with Gasteiger partial charge in [-0.05, 0) is 31.1 Å². The summed E-state index contributed by atoms with van der Waals surface area (Å²) in [7, 11) is 1.91. The van der Waals surface area contributed by atoms with Crippen LogP contribution in [0.5, 0.6) is 0 Å². The van der Waals surface area contributed by atoms with Crippen LogP contribution in [0.3, 0.4) is 0 Å². The largest absolute Gasteiger partial charge is 0.314 e. The molecule has 0 bridgehead atoms. The average Bonchev–Trinajstić information content (AvgIpc) is 2.63. The van der Waals surface area contributed by atoms with Crippen molar-refractivity contribution in [3.05, 3.63) is 12.2 Å². The van der Waals surface area contributed by atoms with Crippen LogP contribution >= 0.6 is 0 Å². The van der Waals surface area contributed by atoms with Crippen LogP contribution in [0, 0.1) is 5.41 Å². The summed E-state index contributed by atoms with van der Waals surface area (Å²) in [5.41, 5.74) is 0.541. The summed E-state index contributed by atoms with van der Waals surface area (Å²) in [6.07, 6.45) is 9.39. The molecule has 4 nitrogen and oxygen atoms in total. The molecule has 1 fully saturated rings. The van der Waals surface area contributed by atoms with Crippen LogP contribution in [-0.4, -0.2) is 27.4 Å². The van der Waals surface area contributed by atoms with Crippen molar-refractivity contribution in [1.29, 1.82) is 0 Å². The summed E-state index contributed by atoms with van der Waals surface area (Å²) >= 11 is 0. The number of hydrogen-bond acceptors (Lipinski definition) is 3. The summed E-state index contributed by atoms with van der Waals surface area (Å²) in [6.45, 7) is 5.79. The fourth-order valence-corrected chi connectivity index (χ4v) is 2.75. The topological polar surface area (TPSA) is 42.7 Å². The van der Waals surface area contributed by atoms with Crippen LogP contribution in [0.2, 0.25) is 0 Å². The maximum absolute atomic E-state index is 4.30. The first-order valence-corrected chi connectivity index (χ1v) is 7.13. The van der Waals surface area contributed by atoms with Gasteiger partial charge in [0.2, 0.25) is 0 Å². The molecule has 0 aromatic carbocycles. The van der Waals surface area contributed by atoms with Crippen molar-refractivity contribution in [2.24, 2.45) is 12.5 Å². The van der Waals surface area contributed by atoms with Crippen molar-refractivity contribution in [2.75, 3.05) is 6.54 Å². The van der Waals surface area contributed by atoms with Gasteiger partial charge in [0.15, 0.2) is 5.82 Å². The molecule has 18 heavy (non-hydrogen) atoms. The van der Waals surface area contributed by atoms with E-state index in [2.05, 4.69) is 29.2 Å². The Bertz CT molecular complexity index is 370. The third kappa shape index (κ3) is 4.09. The zero-order chi connectivity index (χ0) is 13.0. The second-order valence-corrected chi connectivity index (χ2v) is 6.33. The zero-order valence-electron chi connectivity index (χ0n) is 11.9. The third-order valence-corrected chi connectivity index (χ3v) is 4.00. The molecule has 0 aliphatic heterocycles. The van der Waals surface area contributed by atoms with Gasteiger partial charge in [-0.1, -0.05) is 20.3 Å². The van der Waals surface area contributed by atoms with Crippen LogP contribution in [0.25, 0.3) is 0 Å². The molecule has 1 heterocycles. The normalized spacial score (nSPS) is 23.8. The van der Waals surface area contributed by atoms with Gasteiger partial charge in [0.05, 0.1) is 0 Å². The van der Waals surface area contributed by atoms with Crippen molar-refractivity contribution in [3.63, 3.8) is 0 Å². The average molecular weight is 250 g/mol. The first-order valence-electron chi connectivity index (χ1n) is 7.13. The van der Waals surface area contributed by atoms with Gasteiger partial charge in [0.25, 0.3) is 0 Å². The summed E-state index contributed by atoms with van der Waals surface area (Å²) in [5, 5.41) is 7.97. The number of aryl methyl sites for hydroxylation is 1. The molecule has 0 amide bonds. The number of nitrogens with zero attached hydrogens (tertiary/aromatic N) is 3. The molecule has 4 heteroatoms. The highest BCUT2D eigenvalue weighted by atomic mass is 15.3. The molecule has 102 valence electrons. The minimum Gasteiger partial charge on any atom is -0.314 e. The Kier molecular flexibility index (Phi) is 4.38. The minimum absolute atomic E-state index is 0.541. The number of nitrogens with one attached hydrogen (secondary N) is 1. The molecule has 1 aliphatic rings. The predicted octanol–water partition coefficient (Wildman–Crippen LogP) is 2.31. The molecule has 1 saturated carbocycles. The number of hydrogen-bond donors (Lipinski definition) is 1. The lowest BCUT2D eigenvalue weighted by atomic mass is 9.85. The Balaban J connectivity index is 1.70. The number of rotatable bonds is 4. The maximum Gasteiger partial charge on any atom is 0.151 e. The van der Waals surface area contributed by atoms with E-state index in [1.807, 2.05) is 7.05 Å². The monoisotopic (exact) mass is 250 g/mol. The van der Waals surface area contributed by atoms with Crippen molar-refractivity contribution in [3.8, 4) is 0 Å². The molecule has 1 N–H and O–H groups in total. The lowest BCUT2D eigenvalue weighted by molar-refractivity contribution is 0.310. The van der Waals surface area contributed by atoms with Crippen LogP contribution < -0.4 is 5.32 Å². The molecule has 1 unspecified atom stereocenters. The Morgan fingerprint density at radius 1 is 1.39 bits per heavy atom. The van der Waals surface area contributed by atoms with Gasteiger partial charge in [-0.25, -0.2) is 4.98 Å². The molecule has 1 atom stereocenters. The van der Waals surface area contributed by atoms with E-state index in [1.54, 1.807) is 11.0 Å². The first kappa shape index (κ1) is 13.5. The van der Waals surface area contributed by atoms with Crippen LogP contribution in [-0.2, 0) is 13.5 Å². The van der Waals surface area contributed by atoms with Gasteiger partial charge in [-0.15, -0.1) is 0 Å². The van der Waals surface area contributed by atoms with Gasteiger partial charge in [-0.2, -0.15) is 5.10 Å². The Hall–Kier alpha value is -0.900. The summed E-state index contributed by atoms with van der Waals surface area (Å²) in [5.74, 6) is 0.943. The fourth-order valence-electron chi connectivity index (χ4n) is 2.75. The molecule has 1 aliphatic carbocycles. The molecule has 2 rings (SSSR count). The SMILES string of the molecule is Cn1cnc(CCNC2CCCC(C)(C)CC2)n1. The lowest BCUT2D eigenvalue weighted by Crippen LogP contribution is -2.30. The van der Waals surface area contributed by atoms with Gasteiger partial charge in [-0.3, -0.25) is 4.68 Å². The maximum atomic E-state index is 4.30. The van der Waals surface area contributed by atoms with Gasteiger partial charge in [0, 0.05) is 26.1 Å². The molecular weight excluding hydrogens is 224 g/mol. The van der Waals surface area contributed by atoms with E-state index in [-0.39, 0.29) is 0 Å². The minimum atomic E-state index is 0.541. The van der Waals surface area contributed by atoms with Crippen LogP contribution in [0.4, 0.5) is 0 Å². The van der Waals surface area contributed by atoms with Gasteiger partial charge in [0.1, 0.15) is 6.33 Å². The zero-order valence-corrected chi connectivity index (χ0v) is 11.9. The fraction of sp³-hybridized carbons (Fsp3) is 0.857. The summed E-state index contributed by atoms with van der Waals surface area (Å²) < 4.78 is 1.77. The molecule has 0 spiro atoms. The van der Waals surface area contributed by atoms with E-state index < -0.39 is 0 Å². The Morgan fingerprint density at radius 3 is 2.94 bits per heavy atom. The lowest BCUT2D eigenvalue weighted by Gasteiger charge is -2.22. The number of aromatic nitrogens is 3. The quantitative estimate of drug-likeness (QED) is 0.834. The van der Waals surface area contributed by atoms with Crippen molar-refractivity contribution in [2.45, 2.75) is 58.4 Å². The van der Waals surface area contributed by atoms with Crippen molar-refractivity contribution >= 4 is 0 Å². The molecular formula is C14H26N4. The predicted molar refractivity (Wildman–Crippen MR) is 73.4 cm³/mol. The molecule has 0 radical (unpaired) electrons. The molecule has 1 aromatic heterocycles. The molecule has 1 aromatic rings. The van der Waals surface area contributed by atoms with Gasteiger partial charge >= 0.3 is 0 Å². The van der Waals surface area contributed by atoms with E-state index in [0.717, 1.165) is 18.8 Å². The highest BCUT2D eigenvalue weighted by Gasteiger charge is 2.23. The third-order valence-electron chi connectivity index (χ3n) is 4.00. The smallest absolute Gasteiger partial charge is 0.151 e. The Morgan fingerprint density at radius 2 is 2.22 bits per heavy atom. The van der Waals surface area contributed by atoms with Crippen LogP contribution in [0.15, 0.2) is 6.33 Å². The van der Waals surface area contributed by atoms with E-state index in [1.165, 1.54) is 32.1 Å². The van der Waals surface area contributed by atoms with Crippen LogP contribution in [0.1, 0.15) is 51.8 Å². The second-order valence-electron chi connectivity index (χ2n) is 6.33. The van der Waals surface area contributed by atoms with E-state index >= 15 is 0 Å². The first-order chi connectivity index (χ1) is 8.55. The standard InChI is InChI=1S/C14H26N4/c1-14(2)8-4-5-12(6-9-14)15-10-7-13-16-11-18(3)17-13/h11-12,15H,4-10H2,1-3H3. The van der Waals surface area contributed by atoms with Crippen molar-refractivity contribution in [1.82, 2.24) is 20.1 Å². The summed E-state index contributed by atoms with van der Waals surface area (Å²) in [4.78, 5) is 4.25. The van der Waals surface area contributed by atoms with Gasteiger partial charge < -0.3 is 5.32 Å². The summed E-state index contributed by atoms with van der Waals surface area (Å²) in [6, 6.07) is 0.690. The molecule has 0 saturated heterocycles.